The second-order valence-electron chi connectivity index (χ2n) is 9.30. The fourth-order valence-corrected chi connectivity index (χ4v) is 4.27. The van der Waals surface area contributed by atoms with Crippen molar-refractivity contribution in [3.8, 4) is 0 Å². The fourth-order valence-electron chi connectivity index (χ4n) is 4.27. The highest BCUT2D eigenvalue weighted by Crippen LogP contribution is 2.31. The molecule has 7 nitrogen and oxygen atoms in total. The second kappa shape index (κ2) is 9.39. The van der Waals surface area contributed by atoms with E-state index in [9.17, 15) is 4.79 Å². The van der Waals surface area contributed by atoms with Crippen LogP contribution in [0.4, 0.5) is 5.82 Å². The van der Waals surface area contributed by atoms with Crippen LogP contribution in [0.5, 0.6) is 0 Å². The Kier molecular flexibility index (Phi) is 6.65. The molecular weight excluding hydrogens is 366 g/mol. The molecule has 0 bridgehead atoms. The first-order valence-corrected chi connectivity index (χ1v) is 11.3. The van der Waals surface area contributed by atoms with Crippen molar-refractivity contribution in [3.63, 3.8) is 0 Å². The van der Waals surface area contributed by atoms with E-state index in [1.165, 1.54) is 45.3 Å². The van der Waals surface area contributed by atoms with Crippen molar-refractivity contribution in [2.75, 3.05) is 51.2 Å². The maximum absolute atomic E-state index is 12.4. The quantitative estimate of drug-likeness (QED) is 0.721. The molecule has 1 aliphatic carbocycles. The summed E-state index contributed by atoms with van der Waals surface area (Å²) in [5, 5.41) is 11.8. The van der Waals surface area contributed by atoms with Crippen molar-refractivity contribution in [2.45, 2.75) is 51.6 Å². The van der Waals surface area contributed by atoms with E-state index in [1.807, 2.05) is 17.0 Å². The number of likely N-dealkylation sites (tertiary alicyclic amines) is 1. The van der Waals surface area contributed by atoms with Crippen molar-refractivity contribution in [1.82, 2.24) is 20.0 Å². The Morgan fingerprint density at radius 2 is 1.86 bits per heavy atom. The molecule has 0 aromatic carbocycles. The van der Waals surface area contributed by atoms with E-state index in [0.29, 0.717) is 24.9 Å². The van der Waals surface area contributed by atoms with Crippen LogP contribution in [0.3, 0.4) is 0 Å². The lowest BCUT2D eigenvalue weighted by molar-refractivity contribution is -0.149. The highest BCUT2D eigenvalue weighted by molar-refractivity contribution is 5.78. The molecule has 3 aliphatic rings. The number of hydrogen-bond acceptors (Lipinski definition) is 6. The van der Waals surface area contributed by atoms with E-state index in [-0.39, 0.29) is 18.6 Å². The van der Waals surface area contributed by atoms with Gasteiger partial charge in [-0.05, 0) is 68.7 Å². The molecule has 29 heavy (non-hydrogen) atoms. The van der Waals surface area contributed by atoms with E-state index in [1.54, 1.807) is 0 Å². The van der Waals surface area contributed by atoms with Crippen LogP contribution in [0.2, 0.25) is 0 Å². The van der Waals surface area contributed by atoms with Gasteiger partial charge in [0, 0.05) is 26.2 Å². The molecule has 1 atom stereocenters. The largest absolute Gasteiger partial charge is 0.366 e. The van der Waals surface area contributed by atoms with Crippen molar-refractivity contribution < 1.29 is 9.53 Å². The Morgan fingerprint density at radius 3 is 2.52 bits per heavy atom. The topological polar surface area (TPSA) is 70.6 Å². The Labute approximate surface area is 174 Å². The van der Waals surface area contributed by atoms with Crippen LogP contribution in [0.25, 0.3) is 0 Å². The minimum atomic E-state index is -0.00534. The van der Waals surface area contributed by atoms with E-state index >= 15 is 0 Å². The number of nitrogens with one attached hydrogen (secondary N) is 1. The van der Waals surface area contributed by atoms with E-state index in [2.05, 4.69) is 34.3 Å². The first-order valence-electron chi connectivity index (χ1n) is 11.3. The number of ether oxygens (including phenoxy) is 1. The van der Waals surface area contributed by atoms with Crippen molar-refractivity contribution in [3.05, 3.63) is 17.8 Å². The average Bonchev–Trinajstić information content (AvgIpc) is 3.54. The molecule has 0 unspecified atom stereocenters. The van der Waals surface area contributed by atoms with Gasteiger partial charge in [0.25, 0.3) is 0 Å². The van der Waals surface area contributed by atoms with Gasteiger partial charge in [-0.3, -0.25) is 4.79 Å². The third-order valence-corrected chi connectivity index (χ3v) is 6.41. The minimum Gasteiger partial charge on any atom is -0.366 e. The molecule has 1 aromatic heterocycles. The Bertz CT molecular complexity index is 668. The van der Waals surface area contributed by atoms with Gasteiger partial charge in [-0.15, -0.1) is 5.10 Å². The van der Waals surface area contributed by atoms with Gasteiger partial charge >= 0.3 is 0 Å². The average molecular weight is 402 g/mol. The molecule has 4 rings (SSSR count). The number of rotatable bonds is 8. The summed E-state index contributed by atoms with van der Waals surface area (Å²) in [5.74, 6) is 2.84. The molecule has 1 amide bonds. The summed E-state index contributed by atoms with van der Waals surface area (Å²) in [7, 11) is 0. The van der Waals surface area contributed by atoms with E-state index in [0.717, 1.165) is 24.0 Å². The predicted octanol–water partition coefficient (Wildman–Crippen LogP) is 2.36. The van der Waals surface area contributed by atoms with Crippen molar-refractivity contribution in [1.29, 1.82) is 0 Å². The van der Waals surface area contributed by atoms with Gasteiger partial charge in [0.2, 0.25) is 5.91 Å². The van der Waals surface area contributed by atoms with Gasteiger partial charge in [-0.1, -0.05) is 13.8 Å². The number of piperidine rings is 1. The number of aromatic nitrogens is 2. The molecule has 1 saturated carbocycles. The molecule has 7 heteroatoms. The van der Waals surface area contributed by atoms with Gasteiger partial charge in [0.15, 0.2) is 0 Å². The minimum absolute atomic E-state index is 0.00534. The van der Waals surface area contributed by atoms with E-state index < -0.39 is 0 Å². The maximum atomic E-state index is 12.4. The lowest BCUT2D eigenvalue weighted by atomic mass is 9.95. The molecule has 160 valence electrons. The first kappa shape index (κ1) is 20.5. The molecule has 1 N–H and O–H groups in total. The van der Waals surface area contributed by atoms with Gasteiger partial charge in [0.05, 0.1) is 11.8 Å². The first-order chi connectivity index (χ1) is 14.1. The summed E-state index contributed by atoms with van der Waals surface area (Å²) < 4.78 is 5.75. The molecule has 3 heterocycles. The lowest BCUT2D eigenvalue weighted by Crippen LogP contribution is -2.51. The second-order valence-corrected chi connectivity index (χ2v) is 9.30. The SMILES string of the molecule is CC(C)c1ccc(NC[C@@H]2CN(CC3CCN(CC4CC4)CC3)C(=O)CO2)nn1. The summed E-state index contributed by atoms with van der Waals surface area (Å²) >= 11 is 0. The van der Waals surface area contributed by atoms with Crippen LogP contribution < -0.4 is 5.32 Å². The molecule has 3 fully saturated rings. The molecule has 0 radical (unpaired) electrons. The summed E-state index contributed by atoms with van der Waals surface area (Å²) in [6.45, 7) is 10.2. The smallest absolute Gasteiger partial charge is 0.248 e. The monoisotopic (exact) mass is 401 g/mol. The number of carbonyl (C=O) groups excluding carboxylic acids is 1. The fraction of sp³-hybridized carbons (Fsp3) is 0.773. The van der Waals surface area contributed by atoms with Crippen molar-refractivity contribution in [2.24, 2.45) is 11.8 Å². The lowest BCUT2D eigenvalue weighted by Gasteiger charge is -2.38. The normalized spacial score (nSPS) is 24.3. The molecule has 2 saturated heterocycles. The third-order valence-electron chi connectivity index (χ3n) is 6.41. The standard InChI is InChI=1S/C22H35N5O2/c1-16(2)20-5-6-21(25-24-20)23-11-19-14-27(22(28)15-29-19)13-18-7-9-26(10-8-18)12-17-3-4-17/h5-6,16-19H,3-4,7-15H2,1-2H3,(H,23,25)/t19-/m1/s1. The molecular formula is C22H35N5O2. The third kappa shape index (κ3) is 5.89. The summed E-state index contributed by atoms with van der Waals surface area (Å²) in [5.41, 5.74) is 0.990. The van der Waals surface area contributed by atoms with Crippen LogP contribution >= 0.6 is 0 Å². The van der Waals surface area contributed by atoms with Gasteiger partial charge < -0.3 is 19.9 Å². The van der Waals surface area contributed by atoms with Crippen LogP contribution in [0, 0.1) is 11.8 Å². The van der Waals surface area contributed by atoms with Crippen LogP contribution in [-0.4, -0.2) is 77.9 Å². The van der Waals surface area contributed by atoms with Crippen molar-refractivity contribution >= 4 is 11.7 Å². The van der Waals surface area contributed by atoms with Crippen LogP contribution in [0.1, 0.15) is 51.1 Å². The molecule has 2 aliphatic heterocycles. The number of nitrogens with zero attached hydrogens (tertiary/aromatic N) is 4. The van der Waals surface area contributed by atoms with Gasteiger partial charge in [-0.25, -0.2) is 0 Å². The van der Waals surface area contributed by atoms with Gasteiger partial charge in [0.1, 0.15) is 12.4 Å². The Hall–Kier alpha value is -1.73. The maximum Gasteiger partial charge on any atom is 0.248 e. The zero-order valence-electron chi connectivity index (χ0n) is 17.8. The number of carbonyl (C=O) groups is 1. The highest BCUT2D eigenvalue weighted by atomic mass is 16.5. The number of morpholine rings is 1. The number of hydrogen-bond donors (Lipinski definition) is 1. The zero-order chi connectivity index (χ0) is 20.2. The molecule has 0 spiro atoms. The summed E-state index contributed by atoms with van der Waals surface area (Å²) in [6.07, 6.45) is 5.25. The Balaban J connectivity index is 1.21. The Morgan fingerprint density at radius 1 is 1.10 bits per heavy atom. The van der Waals surface area contributed by atoms with Crippen LogP contribution in [-0.2, 0) is 9.53 Å². The number of anilines is 1. The van der Waals surface area contributed by atoms with Crippen LogP contribution in [0.15, 0.2) is 12.1 Å². The number of amides is 1. The molecule has 1 aromatic rings. The zero-order valence-corrected chi connectivity index (χ0v) is 17.8. The highest BCUT2D eigenvalue weighted by Gasteiger charge is 2.31. The summed E-state index contributed by atoms with van der Waals surface area (Å²) in [6, 6.07) is 3.97. The predicted molar refractivity (Wildman–Crippen MR) is 113 cm³/mol. The van der Waals surface area contributed by atoms with E-state index in [4.69, 9.17) is 4.74 Å². The van der Waals surface area contributed by atoms with Gasteiger partial charge in [-0.2, -0.15) is 5.10 Å². The summed E-state index contributed by atoms with van der Waals surface area (Å²) in [4.78, 5) is 17.0.